The Balaban J connectivity index is 1.53. The van der Waals surface area contributed by atoms with Crippen molar-refractivity contribution in [2.24, 2.45) is 12.2 Å². The molecule has 2 aromatic rings. The number of thiazole rings is 1. The van der Waals surface area contributed by atoms with E-state index >= 15 is 0 Å². The van der Waals surface area contributed by atoms with Crippen LogP contribution in [-0.2, 0) is 28.0 Å². The van der Waals surface area contributed by atoms with Crippen molar-refractivity contribution in [2.45, 2.75) is 18.0 Å². The zero-order valence-electron chi connectivity index (χ0n) is 16.1. The fraction of sp³-hybridized carbons (Fsp3) is 0.294. The minimum absolute atomic E-state index is 0.0729. The lowest BCUT2D eigenvalue weighted by Crippen LogP contribution is -2.71. The number of carboxylic acid groups (broad SMARTS) is 1. The number of nitrogens with zero attached hydrogens (tertiary/aromatic N) is 5. The van der Waals surface area contributed by atoms with Crippen molar-refractivity contribution in [3.05, 3.63) is 40.8 Å². The summed E-state index contributed by atoms with van der Waals surface area (Å²) in [6.45, 7) is 0.318. The third-order valence-electron chi connectivity index (χ3n) is 4.93. The first-order chi connectivity index (χ1) is 14.8. The average molecular weight is 465 g/mol. The smallest absolute Gasteiger partial charge is 0.352 e. The van der Waals surface area contributed by atoms with Gasteiger partial charge in [-0.2, -0.15) is 4.68 Å². The SMILES string of the molecule is C[n+]1cccn1CC1=C(C(=O)O)N2C(=O)[C@@H](NC(=O)C(=NO)c3csc(N)n3)[C@H]2SC1. The highest BCUT2D eigenvalue weighted by Gasteiger charge is 2.54. The Morgan fingerprint density at radius 1 is 1.48 bits per heavy atom. The number of thioether (sulfide) groups is 1. The summed E-state index contributed by atoms with van der Waals surface area (Å²) >= 11 is 2.42. The minimum atomic E-state index is -1.20. The van der Waals surface area contributed by atoms with E-state index in [9.17, 15) is 24.7 Å². The van der Waals surface area contributed by atoms with Gasteiger partial charge in [-0.15, -0.1) is 27.8 Å². The van der Waals surface area contributed by atoms with Gasteiger partial charge >= 0.3 is 5.97 Å². The zero-order valence-corrected chi connectivity index (χ0v) is 17.8. The number of aromatic nitrogens is 3. The van der Waals surface area contributed by atoms with Gasteiger partial charge in [0.05, 0.1) is 6.20 Å². The lowest BCUT2D eigenvalue weighted by Gasteiger charge is -2.49. The van der Waals surface area contributed by atoms with Crippen LogP contribution >= 0.6 is 23.1 Å². The number of carbonyl (C=O) groups is 3. The van der Waals surface area contributed by atoms with Gasteiger partial charge in [0.1, 0.15) is 29.4 Å². The molecule has 162 valence electrons. The van der Waals surface area contributed by atoms with Crippen molar-refractivity contribution in [3.63, 3.8) is 0 Å². The molecule has 0 spiro atoms. The largest absolute Gasteiger partial charge is 0.477 e. The van der Waals surface area contributed by atoms with E-state index in [0.717, 1.165) is 11.3 Å². The second-order valence-corrected chi connectivity index (χ2v) is 8.79. The van der Waals surface area contributed by atoms with Crippen molar-refractivity contribution >= 4 is 51.7 Å². The molecule has 1 fully saturated rings. The summed E-state index contributed by atoms with van der Waals surface area (Å²) in [7, 11) is 1.83. The Kier molecular flexibility index (Phi) is 5.41. The van der Waals surface area contributed by atoms with Crippen LogP contribution in [0.15, 0.2) is 40.3 Å². The summed E-state index contributed by atoms with van der Waals surface area (Å²) in [4.78, 5) is 42.3. The summed E-state index contributed by atoms with van der Waals surface area (Å²) in [5, 5.41) is 25.5. The Labute approximate surface area is 183 Å². The van der Waals surface area contributed by atoms with Crippen molar-refractivity contribution in [2.75, 3.05) is 11.5 Å². The molecule has 0 saturated carbocycles. The normalized spacial score (nSPS) is 21.0. The molecule has 0 bridgehead atoms. The maximum absolute atomic E-state index is 12.8. The maximum atomic E-state index is 12.8. The van der Waals surface area contributed by atoms with Crippen LogP contribution in [-0.4, -0.2) is 65.5 Å². The predicted molar refractivity (Wildman–Crippen MR) is 110 cm³/mol. The number of oxime groups is 1. The van der Waals surface area contributed by atoms with Crippen LogP contribution < -0.4 is 15.7 Å². The second kappa shape index (κ2) is 8.03. The molecule has 2 aromatic heterocycles. The molecule has 31 heavy (non-hydrogen) atoms. The standard InChI is InChI=1S/C17H17N7O5S2/c1-22-3-2-4-23(22)5-8-6-30-15-11(14(26)24(15)12(8)16(27)28)20-13(25)10(21-29)9-7-31-17(18)19-9/h2-4,7,11,15H,5-6H2,1H3,(H4-,18,19,20,25,27,28,29)/p+1/t11-,15-/m1/s1. The van der Waals surface area contributed by atoms with E-state index in [0.29, 0.717) is 17.9 Å². The number of nitrogens with two attached hydrogens (primary N) is 1. The lowest BCUT2D eigenvalue weighted by atomic mass is 10.0. The summed E-state index contributed by atoms with van der Waals surface area (Å²) in [5.41, 5.74) is 5.76. The van der Waals surface area contributed by atoms with E-state index in [2.05, 4.69) is 15.5 Å². The molecule has 5 N–H and O–H groups in total. The zero-order chi connectivity index (χ0) is 22.3. The van der Waals surface area contributed by atoms with Crippen LogP contribution in [0.2, 0.25) is 0 Å². The van der Waals surface area contributed by atoms with Crippen LogP contribution in [0, 0.1) is 0 Å². The van der Waals surface area contributed by atoms with E-state index < -0.39 is 29.2 Å². The van der Waals surface area contributed by atoms with Gasteiger partial charge in [0, 0.05) is 17.2 Å². The quantitative estimate of drug-likeness (QED) is 0.138. The van der Waals surface area contributed by atoms with Crippen molar-refractivity contribution in [1.29, 1.82) is 0 Å². The predicted octanol–water partition coefficient (Wildman–Crippen LogP) is -1.03. The Morgan fingerprint density at radius 2 is 2.26 bits per heavy atom. The molecule has 14 heteroatoms. The van der Waals surface area contributed by atoms with Gasteiger partial charge in [0.25, 0.3) is 11.8 Å². The maximum Gasteiger partial charge on any atom is 0.352 e. The number of rotatable bonds is 6. The first-order valence-electron chi connectivity index (χ1n) is 8.97. The molecule has 1 saturated heterocycles. The number of nitrogen functional groups attached to an aromatic ring is 1. The number of β-lactam (4-membered cyclic amide) rings is 1. The minimum Gasteiger partial charge on any atom is -0.477 e. The Hall–Kier alpha value is -3.39. The first kappa shape index (κ1) is 20.9. The highest BCUT2D eigenvalue weighted by molar-refractivity contribution is 8.00. The highest BCUT2D eigenvalue weighted by Crippen LogP contribution is 2.40. The number of nitrogens with one attached hydrogen (secondary N) is 1. The number of hydrogen-bond donors (Lipinski definition) is 4. The molecule has 0 aromatic carbocycles. The van der Waals surface area contributed by atoms with Crippen molar-refractivity contribution in [3.8, 4) is 0 Å². The molecule has 2 atom stereocenters. The number of carboxylic acids is 1. The Bertz CT molecular complexity index is 1140. The number of fused-ring (bicyclic) bond motifs is 1. The van der Waals surface area contributed by atoms with Gasteiger partial charge in [-0.3, -0.25) is 14.5 Å². The lowest BCUT2D eigenvalue weighted by molar-refractivity contribution is -0.752. The monoisotopic (exact) mass is 464 g/mol. The summed E-state index contributed by atoms with van der Waals surface area (Å²) < 4.78 is 3.64. The van der Waals surface area contributed by atoms with Crippen LogP contribution in [0.5, 0.6) is 0 Å². The molecular formula is C17H18N7O5S2+. The molecule has 2 aliphatic rings. The fourth-order valence-corrected chi connectivity index (χ4v) is 5.32. The number of carbonyl (C=O) groups excluding carboxylic acids is 2. The van der Waals surface area contributed by atoms with E-state index in [-0.39, 0.29) is 22.2 Å². The number of aliphatic carboxylic acids is 1. The number of anilines is 1. The summed E-state index contributed by atoms with van der Waals surface area (Å²) in [5.74, 6) is -2.18. The molecule has 0 radical (unpaired) electrons. The number of hydrogen-bond acceptors (Lipinski definition) is 9. The van der Waals surface area contributed by atoms with Crippen LogP contribution in [0.3, 0.4) is 0 Å². The fourth-order valence-electron chi connectivity index (χ4n) is 3.44. The molecule has 0 unspecified atom stereocenters. The van der Waals surface area contributed by atoms with E-state index in [1.54, 1.807) is 0 Å². The molecular weight excluding hydrogens is 446 g/mol. The van der Waals surface area contributed by atoms with Crippen LogP contribution in [0.25, 0.3) is 0 Å². The third-order valence-corrected chi connectivity index (χ3v) is 6.95. The van der Waals surface area contributed by atoms with E-state index in [4.69, 9.17) is 5.73 Å². The van der Waals surface area contributed by atoms with Crippen LogP contribution in [0.4, 0.5) is 5.13 Å². The van der Waals surface area contributed by atoms with Gasteiger partial charge in [-0.25, -0.2) is 9.78 Å². The number of amides is 2. The van der Waals surface area contributed by atoms with Crippen molar-refractivity contribution in [1.82, 2.24) is 19.9 Å². The molecule has 2 aliphatic heterocycles. The topological polar surface area (TPSA) is 167 Å². The average Bonchev–Trinajstić information content (AvgIpc) is 3.34. The van der Waals surface area contributed by atoms with Crippen molar-refractivity contribution < 1.29 is 29.4 Å². The third kappa shape index (κ3) is 3.63. The van der Waals surface area contributed by atoms with E-state index in [1.165, 1.54) is 22.0 Å². The molecule has 12 nitrogen and oxygen atoms in total. The van der Waals surface area contributed by atoms with E-state index in [1.807, 2.05) is 34.9 Å². The molecule has 4 rings (SSSR count). The molecule has 0 aliphatic carbocycles. The van der Waals surface area contributed by atoms with Crippen LogP contribution in [0.1, 0.15) is 5.69 Å². The van der Waals surface area contributed by atoms with Gasteiger partial charge in [0.2, 0.25) is 0 Å². The number of aryl methyl sites for hydroxylation is 1. The summed E-state index contributed by atoms with van der Waals surface area (Å²) in [6, 6.07) is 0.875. The van der Waals surface area contributed by atoms with Gasteiger partial charge in [-0.1, -0.05) is 5.16 Å². The second-order valence-electron chi connectivity index (χ2n) is 6.80. The highest BCUT2D eigenvalue weighted by atomic mass is 32.2. The van der Waals surface area contributed by atoms with Gasteiger partial charge in [-0.05, 0) is 5.57 Å². The Morgan fingerprint density at radius 3 is 2.84 bits per heavy atom. The molecule has 4 heterocycles. The van der Waals surface area contributed by atoms with Gasteiger partial charge in [0.15, 0.2) is 24.1 Å². The first-order valence-corrected chi connectivity index (χ1v) is 10.9. The summed E-state index contributed by atoms with van der Waals surface area (Å²) in [6.07, 6.45) is 3.64. The molecule has 2 amide bonds. The van der Waals surface area contributed by atoms with Gasteiger partial charge < -0.3 is 21.4 Å².